The van der Waals surface area contributed by atoms with E-state index in [1.807, 2.05) is 6.92 Å². The molecule has 1 unspecified atom stereocenters. The van der Waals surface area contributed by atoms with Gasteiger partial charge < -0.3 is 19.4 Å². The van der Waals surface area contributed by atoms with E-state index in [1.165, 1.54) is 0 Å². The normalized spacial score (nSPS) is 46.5. The smallest absolute Gasteiger partial charge is 0.315 e. The second-order valence-corrected chi connectivity index (χ2v) is 13.5. The number of allylic oxidation sites excluding steroid dienone is 1. The Balaban J connectivity index is 1.53. The van der Waals surface area contributed by atoms with E-state index in [-0.39, 0.29) is 23.9 Å². The second-order valence-electron chi connectivity index (χ2n) is 12.4. The molecule has 4 bridgehead atoms. The van der Waals surface area contributed by atoms with Crippen molar-refractivity contribution in [1.82, 2.24) is 4.90 Å². The van der Waals surface area contributed by atoms with Gasteiger partial charge in [0, 0.05) is 29.5 Å². The van der Waals surface area contributed by atoms with E-state index in [0.29, 0.717) is 31.4 Å². The maximum atomic E-state index is 13.5. The van der Waals surface area contributed by atoms with Gasteiger partial charge in [-0.2, -0.15) is 0 Å². The molecule has 1 N–H and O–H groups in total. The molecule has 0 aromatic rings. The number of aldehydes is 1. The number of carbonyl (C=O) groups is 2. The van der Waals surface area contributed by atoms with Crippen LogP contribution in [0.15, 0.2) is 22.7 Å². The molecule has 0 spiro atoms. The van der Waals surface area contributed by atoms with Gasteiger partial charge in [-0.3, -0.25) is 9.69 Å². The molecule has 0 amide bonds. The number of hydrogen-bond donors (Lipinski definition) is 1. The first-order valence-corrected chi connectivity index (χ1v) is 14.1. The highest BCUT2D eigenvalue weighted by molar-refractivity contribution is 9.11. The van der Waals surface area contributed by atoms with Crippen molar-refractivity contribution in [3.05, 3.63) is 22.7 Å². The minimum atomic E-state index is -1.20. The van der Waals surface area contributed by atoms with E-state index in [1.54, 1.807) is 0 Å². The average molecular weight is 551 g/mol. The van der Waals surface area contributed by atoms with Crippen molar-refractivity contribution in [3.8, 4) is 0 Å². The summed E-state index contributed by atoms with van der Waals surface area (Å²) in [7, 11) is 0. The number of ether oxygens (including phenoxy) is 2. The van der Waals surface area contributed by atoms with E-state index >= 15 is 0 Å². The minimum absolute atomic E-state index is 0.0100. The molecule has 35 heavy (non-hydrogen) atoms. The maximum absolute atomic E-state index is 13.5. The van der Waals surface area contributed by atoms with Crippen LogP contribution in [0.5, 0.6) is 0 Å². The van der Waals surface area contributed by atoms with Gasteiger partial charge >= 0.3 is 5.97 Å². The molecule has 1 saturated heterocycles. The summed E-state index contributed by atoms with van der Waals surface area (Å²) in [6.45, 7) is 14.9. The number of morpholine rings is 1. The number of hydrogen-bond acceptors (Lipinski definition) is 5. The lowest BCUT2D eigenvalue weighted by Crippen LogP contribution is -2.64. The largest absolute Gasteiger partial charge is 0.481 e. The summed E-state index contributed by atoms with van der Waals surface area (Å²) in [5.74, 6) is 0.270. The summed E-state index contributed by atoms with van der Waals surface area (Å²) >= 11 is 3.47. The van der Waals surface area contributed by atoms with Crippen LogP contribution in [0.3, 0.4) is 0 Å². The topological polar surface area (TPSA) is 76.1 Å². The number of rotatable bonds is 8. The van der Waals surface area contributed by atoms with Crippen LogP contribution in [0.4, 0.5) is 0 Å². The Morgan fingerprint density at radius 2 is 2.09 bits per heavy atom. The fraction of sp³-hybridized carbons (Fsp3) is 0.786. The van der Waals surface area contributed by atoms with Gasteiger partial charge in [0.2, 0.25) is 0 Å². The average Bonchev–Trinajstić information content (AvgIpc) is 3.34. The van der Waals surface area contributed by atoms with E-state index in [4.69, 9.17) is 9.47 Å². The summed E-state index contributed by atoms with van der Waals surface area (Å²) in [6, 6.07) is 0. The Kier molecular flexibility index (Phi) is 6.43. The Morgan fingerprint density at radius 3 is 2.71 bits per heavy atom. The molecule has 4 fully saturated rings. The zero-order valence-corrected chi connectivity index (χ0v) is 23.1. The first-order valence-electron chi connectivity index (χ1n) is 13.3. The summed E-state index contributed by atoms with van der Waals surface area (Å²) in [5.41, 5.74) is -1.72. The van der Waals surface area contributed by atoms with Crippen LogP contribution in [-0.2, 0) is 19.1 Å². The fourth-order valence-electron chi connectivity index (χ4n) is 9.33. The van der Waals surface area contributed by atoms with Crippen LogP contribution in [0, 0.1) is 45.8 Å². The first-order chi connectivity index (χ1) is 16.5. The number of carboxylic acid groups (broad SMARTS) is 1. The maximum Gasteiger partial charge on any atom is 0.315 e. The molecule has 0 radical (unpaired) electrons. The molecule has 3 saturated carbocycles. The molecular formula is C28H40BrNO5. The van der Waals surface area contributed by atoms with E-state index < -0.39 is 28.5 Å². The predicted molar refractivity (Wildman–Crippen MR) is 137 cm³/mol. The number of carbonyl (C=O) groups excluding carboxylic acids is 1. The van der Waals surface area contributed by atoms with Crippen LogP contribution in [0.2, 0.25) is 0 Å². The summed E-state index contributed by atoms with van der Waals surface area (Å²) in [5, 5.41) is 11.1. The number of nitrogens with zero attached hydrogens (tertiary/aromatic N) is 1. The Hall–Kier alpha value is -1.02. The highest BCUT2D eigenvalue weighted by Gasteiger charge is 2.84. The third-order valence-corrected chi connectivity index (χ3v) is 10.6. The van der Waals surface area contributed by atoms with E-state index in [2.05, 4.69) is 54.3 Å². The number of carboxylic acids is 1. The molecule has 1 heterocycles. The molecular weight excluding hydrogens is 510 g/mol. The molecule has 0 aromatic heterocycles. The number of fused-ring (bicyclic) bond motifs is 2. The highest BCUT2D eigenvalue weighted by atomic mass is 79.9. The summed E-state index contributed by atoms with van der Waals surface area (Å²) < 4.78 is 13.6. The van der Waals surface area contributed by atoms with Crippen molar-refractivity contribution < 1.29 is 24.2 Å². The molecule has 9 atom stereocenters. The van der Waals surface area contributed by atoms with Crippen molar-refractivity contribution in [2.24, 2.45) is 45.8 Å². The molecule has 5 rings (SSSR count). The zero-order chi connectivity index (χ0) is 25.3. The van der Waals surface area contributed by atoms with Crippen LogP contribution in [-0.4, -0.2) is 60.9 Å². The van der Waals surface area contributed by atoms with Crippen molar-refractivity contribution in [1.29, 1.82) is 0 Å². The van der Waals surface area contributed by atoms with E-state index in [0.717, 1.165) is 48.7 Å². The Labute approximate surface area is 217 Å². The van der Waals surface area contributed by atoms with Gasteiger partial charge in [0.1, 0.15) is 11.7 Å². The van der Waals surface area contributed by atoms with Crippen molar-refractivity contribution in [2.75, 3.05) is 26.2 Å². The molecule has 1 aliphatic heterocycles. The Morgan fingerprint density at radius 1 is 1.34 bits per heavy atom. The minimum Gasteiger partial charge on any atom is -0.481 e. The second kappa shape index (κ2) is 8.78. The summed E-state index contributed by atoms with van der Waals surface area (Å²) in [4.78, 5) is 28.9. The lowest BCUT2D eigenvalue weighted by atomic mass is 9.43. The van der Waals surface area contributed by atoms with Gasteiger partial charge in [-0.05, 0) is 55.8 Å². The third-order valence-electron chi connectivity index (χ3n) is 10.4. The van der Waals surface area contributed by atoms with Crippen molar-refractivity contribution in [3.63, 3.8) is 0 Å². The standard InChI is InChI=1S/C28H40BrNO5/c1-16(2)23-8-20-9-26(14-31)22-7-6-17(3)21(22)10-27(20,28(23,26)25(32)33)15-34-24-13-30(11-18(4)29)12-19(5)35-24/h8,14,16-17,19-22,24H,4,6-7,9-13,15H2,1-3,5H3,(H,32,33)/t17-,19-,20-,21-,22-,24-,26+,27?,28+/m1/s1. The third kappa shape index (κ3) is 3.37. The molecule has 7 heteroatoms. The van der Waals surface area contributed by atoms with Gasteiger partial charge in [-0.25, -0.2) is 0 Å². The van der Waals surface area contributed by atoms with Crippen LogP contribution in [0.25, 0.3) is 0 Å². The first kappa shape index (κ1) is 25.6. The SMILES string of the molecule is C=C(Br)CN1C[C@H](OCC23C[C@@H]4[C@H](C)CC[C@H]4[C@@]4(C=O)C[C@H]2C=C(C(C)C)[C@@]34C(=O)O)O[C@H](C)C1. The molecule has 194 valence electrons. The lowest BCUT2D eigenvalue weighted by Gasteiger charge is -2.58. The van der Waals surface area contributed by atoms with Gasteiger partial charge in [0.15, 0.2) is 6.29 Å². The van der Waals surface area contributed by atoms with Gasteiger partial charge in [0.05, 0.1) is 18.1 Å². The Bertz CT molecular complexity index is 950. The highest BCUT2D eigenvalue weighted by Crippen LogP contribution is 2.82. The van der Waals surface area contributed by atoms with Crippen LogP contribution < -0.4 is 0 Å². The van der Waals surface area contributed by atoms with Gasteiger partial charge in [0.25, 0.3) is 0 Å². The molecule has 0 aromatic carbocycles. The molecule has 5 aliphatic rings. The van der Waals surface area contributed by atoms with Crippen molar-refractivity contribution in [2.45, 2.75) is 65.8 Å². The van der Waals surface area contributed by atoms with Crippen LogP contribution >= 0.6 is 15.9 Å². The van der Waals surface area contributed by atoms with Crippen molar-refractivity contribution >= 4 is 28.2 Å². The predicted octanol–water partition coefficient (Wildman–Crippen LogP) is 4.88. The van der Waals surface area contributed by atoms with Gasteiger partial charge in [-0.1, -0.05) is 61.4 Å². The summed E-state index contributed by atoms with van der Waals surface area (Å²) in [6.07, 6.45) is 6.33. The number of halogens is 1. The zero-order valence-electron chi connectivity index (χ0n) is 21.5. The fourth-order valence-corrected chi connectivity index (χ4v) is 9.69. The quantitative estimate of drug-likeness (QED) is 0.343. The molecule has 6 nitrogen and oxygen atoms in total. The number of aliphatic carboxylic acids is 1. The van der Waals surface area contributed by atoms with Gasteiger partial charge in [-0.15, -0.1) is 0 Å². The molecule has 4 aliphatic carbocycles. The van der Waals surface area contributed by atoms with Crippen LogP contribution in [0.1, 0.15) is 53.4 Å². The lowest BCUT2D eigenvalue weighted by molar-refractivity contribution is -0.235. The van der Waals surface area contributed by atoms with E-state index in [9.17, 15) is 14.7 Å². The monoisotopic (exact) mass is 549 g/mol.